The molecule has 0 bridgehead atoms. The van der Waals surface area contributed by atoms with Gasteiger partial charge in [0, 0.05) is 17.7 Å². The first-order valence-corrected chi connectivity index (χ1v) is 12.1. The van der Waals surface area contributed by atoms with Crippen molar-refractivity contribution < 1.29 is 13.6 Å². The molecule has 0 spiro atoms. The molecule has 1 N–H and O–H groups in total. The van der Waals surface area contributed by atoms with E-state index < -0.39 is 5.82 Å². The Balaban J connectivity index is 1.61. The van der Waals surface area contributed by atoms with E-state index in [0.717, 1.165) is 31.2 Å². The van der Waals surface area contributed by atoms with E-state index in [1.807, 2.05) is 23.6 Å². The number of carbonyl (C=O) groups is 1. The van der Waals surface area contributed by atoms with Crippen LogP contribution in [0.15, 0.2) is 72.8 Å². The maximum Gasteiger partial charge on any atom is 0.270 e. The van der Waals surface area contributed by atoms with Crippen LogP contribution in [-0.4, -0.2) is 15.5 Å². The van der Waals surface area contributed by atoms with Crippen LogP contribution in [0.2, 0.25) is 0 Å². The molecule has 1 amide bonds. The molecule has 0 radical (unpaired) electrons. The van der Waals surface area contributed by atoms with Gasteiger partial charge in [0.05, 0.1) is 6.04 Å². The fourth-order valence-corrected chi connectivity index (χ4v) is 4.95. The number of hydrogen-bond donors (Lipinski definition) is 1. The normalized spacial score (nSPS) is 15.3. The van der Waals surface area contributed by atoms with Crippen LogP contribution in [0.3, 0.4) is 0 Å². The molecule has 0 saturated carbocycles. The van der Waals surface area contributed by atoms with E-state index in [-0.39, 0.29) is 17.8 Å². The molecule has 1 aromatic heterocycles. The first-order valence-electron chi connectivity index (χ1n) is 12.1. The predicted molar refractivity (Wildman–Crippen MR) is 133 cm³/mol. The molecule has 0 fully saturated rings. The molecule has 4 aromatic rings. The van der Waals surface area contributed by atoms with E-state index in [4.69, 9.17) is 4.98 Å². The summed E-state index contributed by atoms with van der Waals surface area (Å²) >= 11 is 0. The third-order valence-corrected chi connectivity index (χ3v) is 6.62. The first kappa shape index (κ1) is 23.0. The minimum atomic E-state index is -0.402. The second-order valence-electron chi connectivity index (χ2n) is 8.86. The van der Waals surface area contributed by atoms with Crippen LogP contribution in [0.25, 0.3) is 22.6 Å². The molecule has 1 heterocycles. The van der Waals surface area contributed by atoms with E-state index in [0.29, 0.717) is 34.9 Å². The number of imidazole rings is 1. The summed E-state index contributed by atoms with van der Waals surface area (Å²) < 4.78 is 29.6. The van der Waals surface area contributed by atoms with Crippen molar-refractivity contribution in [3.63, 3.8) is 0 Å². The Morgan fingerprint density at radius 2 is 1.77 bits per heavy atom. The van der Waals surface area contributed by atoms with Crippen LogP contribution in [-0.2, 0) is 13.0 Å². The Hall–Kier alpha value is -3.80. The van der Waals surface area contributed by atoms with Crippen molar-refractivity contribution in [2.45, 2.75) is 45.2 Å². The van der Waals surface area contributed by atoms with Gasteiger partial charge in [-0.3, -0.25) is 4.79 Å². The van der Waals surface area contributed by atoms with Crippen LogP contribution in [0.5, 0.6) is 0 Å². The van der Waals surface area contributed by atoms with Crippen molar-refractivity contribution in [1.29, 1.82) is 0 Å². The number of rotatable bonds is 5. The number of nitrogens with zero attached hydrogens (tertiary/aromatic N) is 2. The number of benzene rings is 3. The number of carbonyl (C=O) groups excluding carboxylic acids is 1. The van der Waals surface area contributed by atoms with Gasteiger partial charge in [-0.25, -0.2) is 13.8 Å². The molecule has 6 heteroatoms. The lowest BCUT2D eigenvalue weighted by Gasteiger charge is -2.20. The van der Waals surface area contributed by atoms with Gasteiger partial charge in [0.1, 0.15) is 28.8 Å². The van der Waals surface area contributed by atoms with Crippen molar-refractivity contribution in [2.24, 2.45) is 0 Å². The SMILES string of the molecule is CCn1c(-c2ccc(F)cc2)nc(-c2cccc(F)c2)c1C(=O)NC1CCCCc2ccccc21. The zero-order chi connectivity index (χ0) is 24.4. The zero-order valence-electron chi connectivity index (χ0n) is 19.6. The molecule has 1 aliphatic carbocycles. The van der Waals surface area contributed by atoms with Crippen LogP contribution >= 0.6 is 0 Å². The summed E-state index contributed by atoms with van der Waals surface area (Å²) in [4.78, 5) is 18.6. The van der Waals surface area contributed by atoms with E-state index in [2.05, 4.69) is 17.4 Å². The maximum absolute atomic E-state index is 14.1. The average Bonchev–Trinajstić information content (AvgIpc) is 3.15. The van der Waals surface area contributed by atoms with Gasteiger partial charge in [-0.2, -0.15) is 0 Å². The molecule has 1 atom stereocenters. The Labute approximate surface area is 203 Å². The molecule has 178 valence electrons. The lowest BCUT2D eigenvalue weighted by Crippen LogP contribution is -2.31. The second-order valence-corrected chi connectivity index (χ2v) is 8.86. The van der Waals surface area contributed by atoms with Crippen LogP contribution < -0.4 is 5.32 Å². The highest BCUT2D eigenvalue weighted by Gasteiger charge is 2.28. The summed E-state index contributed by atoms with van der Waals surface area (Å²) in [6, 6.07) is 20.3. The fraction of sp³-hybridized carbons (Fsp3) is 0.241. The van der Waals surface area contributed by atoms with Crippen LogP contribution in [0.1, 0.15) is 53.8 Å². The predicted octanol–water partition coefficient (Wildman–Crippen LogP) is 6.71. The summed E-state index contributed by atoms with van der Waals surface area (Å²) in [5.41, 5.74) is 4.39. The largest absolute Gasteiger partial charge is 0.344 e. The van der Waals surface area contributed by atoms with E-state index in [9.17, 15) is 13.6 Å². The molecular weight excluding hydrogens is 444 g/mol. The minimum absolute atomic E-state index is 0.115. The van der Waals surface area contributed by atoms with Gasteiger partial charge in [-0.15, -0.1) is 0 Å². The van der Waals surface area contributed by atoms with Gasteiger partial charge in [0.2, 0.25) is 0 Å². The standard InChI is InChI=1S/C29H27F2N3O/c1-2-34-27(29(35)32-25-13-6-4-9-19-8-3-5-12-24(19)25)26(21-10-7-11-23(31)18-21)33-28(34)20-14-16-22(30)17-15-20/h3,5,7-8,10-12,14-18,25H,2,4,6,9,13H2,1H3,(H,32,35). The lowest BCUT2D eigenvalue weighted by molar-refractivity contribution is 0.0926. The Bertz CT molecular complexity index is 1360. The summed E-state index contributed by atoms with van der Waals surface area (Å²) in [7, 11) is 0. The van der Waals surface area contributed by atoms with Crippen LogP contribution in [0.4, 0.5) is 8.78 Å². The number of amides is 1. The van der Waals surface area contributed by atoms with Gasteiger partial charge in [-0.1, -0.05) is 42.8 Å². The third-order valence-electron chi connectivity index (χ3n) is 6.62. The third kappa shape index (κ3) is 4.61. The van der Waals surface area contributed by atoms with E-state index in [1.54, 1.807) is 24.3 Å². The highest BCUT2D eigenvalue weighted by atomic mass is 19.1. The van der Waals surface area contributed by atoms with Gasteiger partial charge in [0.15, 0.2) is 0 Å². The summed E-state index contributed by atoms with van der Waals surface area (Å²) in [6.45, 7) is 2.40. The molecule has 0 aliphatic heterocycles. The topological polar surface area (TPSA) is 46.9 Å². The van der Waals surface area contributed by atoms with E-state index in [1.165, 1.54) is 29.8 Å². The Morgan fingerprint density at radius 1 is 0.971 bits per heavy atom. The molecule has 35 heavy (non-hydrogen) atoms. The van der Waals surface area contributed by atoms with Gasteiger partial charge in [0.25, 0.3) is 5.91 Å². The lowest BCUT2D eigenvalue weighted by atomic mass is 9.99. The van der Waals surface area contributed by atoms with Crippen molar-refractivity contribution in [2.75, 3.05) is 0 Å². The number of aryl methyl sites for hydroxylation is 1. The highest BCUT2D eigenvalue weighted by molar-refractivity contribution is 5.99. The number of hydrogen-bond acceptors (Lipinski definition) is 2. The number of aromatic nitrogens is 2. The van der Waals surface area contributed by atoms with Gasteiger partial charge < -0.3 is 9.88 Å². The van der Waals surface area contributed by atoms with Crippen molar-refractivity contribution in [3.05, 3.63) is 101 Å². The summed E-state index contributed by atoms with van der Waals surface area (Å²) in [5.74, 6) is -0.466. The fourth-order valence-electron chi connectivity index (χ4n) is 4.95. The number of nitrogens with one attached hydrogen (secondary N) is 1. The Kier molecular flexibility index (Phi) is 6.45. The summed E-state index contributed by atoms with van der Waals surface area (Å²) in [5, 5.41) is 3.25. The average molecular weight is 472 g/mol. The number of fused-ring (bicyclic) bond motifs is 1. The van der Waals surface area contributed by atoms with E-state index >= 15 is 0 Å². The van der Waals surface area contributed by atoms with Gasteiger partial charge in [-0.05, 0) is 73.7 Å². The minimum Gasteiger partial charge on any atom is -0.344 e. The molecule has 0 saturated heterocycles. The quantitative estimate of drug-likeness (QED) is 0.329. The van der Waals surface area contributed by atoms with Crippen LogP contribution in [0, 0.1) is 11.6 Å². The smallest absolute Gasteiger partial charge is 0.270 e. The Morgan fingerprint density at radius 3 is 2.54 bits per heavy atom. The summed E-state index contributed by atoms with van der Waals surface area (Å²) in [6.07, 6.45) is 3.95. The van der Waals surface area contributed by atoms with Gasteiger partial charge >= 0.3 is 0 Å². The highest BCUT2D eigenvalue weighted by Crippen LogP contribution is 2.33. The molecular formula is C29H27F2N3O. The van der Waals surface area contributed by atoms with Crippen molar-refractivity contribution in [3.8, 4) is 22.6 Å². The molecule has 3 aromatic carbocycles. The van der Waals surface area contributed by atoms with Crippen molar-refractivity contribution >= 4 is 5.91 Å². The molecule has 1 aliphatic rings. The zero-order valence-corrected chi connectivity index (χ0v) is 19.6. The van der Waals surface area contributed by atoms with Crippen molar-refractivity contribution in [1.82, 2.24) is 14.9 Å². The second kappa shape index (κ2) is 9.82. The molecule has 5 rings (SSSR count). The molecule has 4 nitrogen and oxygen atoms in total. The monoisotopic (exact) mass is 471 g/mol. The number of halogens is 2. The maximum atomic E-state index is 14.1. The molecule has 1 unspecified atom stereocenters. The first-order chi connectivity index (χ1) is 17.0.